The highest BCUT2D eigenvalue weighted by molar-refractivity contribution is 5.25. The van der Waals surface area contributed by atoms with Gasteiger partial charge in [0.15, 0.2) is 0 Å². The Morgan fingerprint density at radius 2 is 2.00 bits per heavy atom. The zero-order chi connectivity index (χ0) is 14.6. The topological polar surface area (TPSA) is 21.3 Å². The predicted molar refractivity (Wildman–Crippen MR) is 71.3 cm³/mol. The molecule has 1 aromatic carbocycles. The standard InChI is InChI=1S/C15H20F3NO/c1-20-14-8-3-2-7-13(14)19-10-11-5-4-6-12(9-11)15(16,17)18/h4-6,9,13-14,19H,2-3,7-8,10H2,1H3. The van der Waals surface area contributed by atoms with Crippen molar-refractivity contribution >= 4 is 0 Å². The van der Waals surface area contributed by atoms with Crippen molar-refractivity contribution in [3.8, 4) is 0 Å². The predicted octanol–water partition coefficient (Wildman–Crippen LogP) is 3.75. The number of benzene rings is 1. The highest BCUT2D eigenvalue weighted by Gasteiger charge is 2.30. The van der Waals surface area contributed by atoms with Crippen LogP contribution in [0.3, 0.4) is 0 Å². The summed E-state index contributed by atoms with van der Waals surface area (Å²) in [5.74, 6) is 0. The zero-order valence-corrected chi connectivity index (χ0v) is 11.5. The summed E-state index contributed by atoms with van der Waals surface area (Å²) >= 11 is 0. The van der Waals surface area contributed by atoms with Crippen molar-refractivity contribution in [2.75, 3.05) is 7.11 Å². The molecule has 0 bridgehead atoms. The summed E-state index contributed by atoms with van der Waals surface area (Å²) in [6.07, 6.45) is 0.194. The number of rotatable bonds is 4. The number of hydrogen-bond donors (Lipinski definition) is 1. The second-order valence-electron chi connectivity index (χ2n) is 5.24. The smallest absolute Gasteiger partial charge is 0.380 e. The van der Waals surface area contributed by atoms with E-state index in [1.165, 1.54) is 12.1 Å². The van der Waals surface area contributed by atoms with Crippen molar-refractivity contribution in [2.24, 2.45) is 0 Å². The van der Waals surface area contributed by atoms with Crippen molar-refractivity contribution in [1.29, 1.82) is 0 Å². The molecule has 2 nitrogen and oxygen atoms in total. The molecule has 5 heteroatoms. The Morgan fingerprint density at radius 3 is 2.70 bits per heavy atom. The summed E-state index contributed by atoms with van der Waals surface area (Å²) in [6, 6.07) is 5.70. The Morgan fingerprint density at radius 1 is 1.25 bits per heavy atom. The van der Waals surface area contributed by atoms with Gasteiger partial charge < -0.3 is 10.1 Å². The molecule has 0 heterocycles. The monoisotopic (exact) mass is 287 g/mol. The lowest BCUT2D eigenvalue weighted by molar-refractivity contribution is -0.137. The van der Waals surface area contributed by atoms with Gasteiger partial charge >= 0.3 is 6.18 Å². The van der Waals surface area contributed by atoms with Gasteiger partial charge in [-0.15, -0.1) is 0 Å². The van der Waals surface area contributed by atoms with E-state index in [1.54, 1.807) is 13.2 Å². The molecule has 1 saturated carbocycles. The van der Waals surface area contributed by atoms with Crippen LogP contribution in [0.25, 0.3) is 0 Å². The van der Waals surface area contributed by atoms with Crippen LogP contribution in [-0.4, -0.2) is 19.3 Å². The maximum absolute atomic E-state index is 12.6. The highest BCUT2D eigenvalue weighted by Crippen LogP contribution is 2.29. The van der Waals surface area contributed by atoms with Crippen LogP contribution in [0.5, 0.6) is 0 Å². The van der Waals surface area contributed by atoms with Crippen molar-refractivity contribution in [3.63, 3.8) is 0 Å². The third kappa shape index (κ3) is 3.96. The van der Waals surface area contributed by atoms with Gasteiger partial charge in [0, 0.05) is 19.7 Å². The summed E-state index contributed by atoms with van der Waals surface area (Å²) in [7, 11) is 1.69. The normalized spacial score (nSPS) is 23.8. The molecular weight excluding hydrogens is 267 g/mol. The largest absolute Gasteiger partial charge is 0.416 e. The third-order valence-corrected chi connectivity index (χ3v) is 3.83. The first-order chi connectivity index (χ1) is 9.50. The lowest BCUT2D eigenvalue weighted by Crippen LogP contribution is -2.42. The third-order valence-electron chi connectivity index (χ3n) is 3.83. The number of halogens is 3. The molecule has 0 saturated heterocycles. The first kappa shape index (κ1) is 15.3. The zero-order valence-electron chi connectivity index (χ0n) is 11.5. The summed E-state index contributed by atoms with van der Waals surface area (Å²) in [4.78, 5) is 0. The molecule has 2 rings (SSSR count). The van der Waals surface area contributed by atoms with Crippen LogP contribution in [0.2, 0.25) is 0 Å². The van der Waals surface area contributed by atoms with E-state index < -0.39 is 11.7 Å². The molecule has 1 aromatic rings. The number of nitrogens with one attached hydrogen (secondary N) is 1. The molecule has 2 atom stereocenters. The fraction of sp³-hybridized carbons (Fsp3) is 0.600. The number of hydrogen-bond acceptors (Lipinski definition) is 2. The molecule has 1 aliphatic carbocycles. The number of alkyl halides is 3. The minimum absolute atomic E-state index is 0.162. The van der Waals surface area contributed by atoms with Crippen LogP contribution >= 0.6 is 0 Å². The summed E-state index contributed by atoms with van der Waals surface area (Å²) in [6.45, 7) is 0.439. The van der Waals surface area contributed by atoms with Gasteiger partial charge in [0.2, 0.25) is 0 Å². The molecule has 112 valence electrons. The van der Waals surface area contributed by atoms with Gasteiger partial charge in [0.05, 0.1) is 11.7 Å². The van der Waals surface area contributed by atoms with Crippen molar-refractivity contribution in [2.45, 2.75) is 50.6 Å². The second-order valence-corrected chi connectivity index (χ2v) is 5.24. The van der Waals surface area contributed by atoms with E-state index in [0.717, 1.165) is 31.7 Å². The van der Waals surface area contributed by atoms with E-state index in [-0.39, 0.29) is 12.1 Å². The molecule has 1 fully saturated rings. The van der Waals surface area contributed by atoms with Gasteiger partial charge in [-0.05, 0) is 24.5 Å². The van der Waals surface area contributed by atoms with E-state index >= 15 is 0 Å². The van der Waals surface area contributed by atoms with Gasteiger partial charge in [0.25, 0.3) is 0 Å². The van der Waals surface area contributed by atoms with Crippen molar-refractivity contribution < 1.29 is 17.9 Å². The Kier molecular flexibility index (Phi) is 5.05. The van der Waals surface area contributed by atoms with E-state index in [9.17, 15) is 13.2 Å². The molecule has 0 amide bonds. The summed E-state index contributed by atoms with van der Waals surface area (Å²) < 4.78 is 43.3. The minimum Gasteiger partial charge on any atom is -0.380 e. The Balaban J connectivity index is 1.96. The quantitative estimate of drug-likeness (QED) is 0.910. The average molecular weight is 287 g/mol. The number of ether oxygens (including phenoxy) is 1. The lowest BCUT2D eigenvalue weighted by Gasteiger charge is -2.31. The molecule has 20 heavy (non-hydrogen) atoms. The first-order valence-corrected chi connectivity index (χ1v) is 6.93. The summed E-state index contributed by atoms with van der Waals surface area (Å²) in [5.41, 5.74) is 0.0592. The molecule has 0 aliphatic heterocycles. The van der Waals surface area contributed by atoms with Crippen LogP contribution in [0.15, 0.2) is 24.3 Å². The molecule has 1 aliphatic rings. The molecule has 0 radical (unpaired) electrons. The molecule has 0 aromatic heterocycles. The van der Waals surface area contributed by atoms with Crippen LogP contribution in [0, 0.1) is 0 Å². The Labute approximate surface area is 117 Å². The molecule has 0 spiro atoms. The van der Waals surface area contributed by atoms with E-state index in [2.05, 4.69) is 5.32 Å². The maximum Gasteiger partial charge on any atom is 0.416 e. The van der Waals surface area contributed by atoms with Crippen LogP contribution < -0.4 is 5.32 Å². The average Bonchev–Trinajstić information content (AvgIpc) is 2.45. The fourth-order valence-corrected chi connectivity index (χ4v) is 2.72. The lowest BCUT2D eigenvalue weighted by atomic mass is 9.92. The highest BCUT2D eigenvalue weighted by atomic mass is 19.4. The van der Waals surface area contributed by atoms with Crippen LogP contribution in [0.1, 0.15) is 36.8 Å². The fourth-order valence-electron chi connectivity index (χ4n) is 2.72. The van der Waals surface area contributed by atoms with Crippen LogP contribution in [0.4, 0.5) is 13.2 Å². The van der Waals surface area contributed by atoms with E-state index in [1.807, 2.05) is 0 Å². The number of methoxy groups -OCH3 is 1. The Hall–Kier alpha value is -1.07. The van der Waals surface area contributed by atoms with E-state index in [4.69, 9.17) is 4.74 Å². The second kappa shape index (κ2) is 6.59. The minimum atomic E-state index is -4.28. The van der Waals surface area contributed by atoms with Crippen LogP contribution in [-0.2, 0) is 17.5 Å². The van der Waals surface area contributed by atoms with Crippen molar-refractivity contribution in [3.05, 3.63) is 35.4 Å². The molecule has 2 unspecified atom stereocenters. The molecule has 1 N–H and O–H groups in total. The van der Waals surface area contributed by atoms with Gasteiger partial charge in [-0.3, -0.25) is 0 Å². The van der Waals surface area contributed by atoms with Crippen molar-refractivity contribution in [1.82, 2.24) is 5.32 Å². The van der Waals surface area contributed by atoms with Gasteiger partial charge in [0.1, 0.15) is 0 Å². The summed E-state index contributed by atoms with van der Waals surface area (Å²) in [5, 5.41) is 3.33. The van der Waals surface area contributed by atoms with Gasteiger partial charge in [-0.1, -0.05) is 31.0 Å². The maximum atomic E-state index is 12.6. The molecular formula is C15H20F3NO. The van der Waals surface area contributed by atoms with Gasteiger partial charge in [-0.25, -0.2) is 0 Å². The van der Waals surface area contributed by atoms with E-state index in [0.29, 0.717) is 12.1 Å². The Bertz CT molecular complexity index is 433. The SMILES string of the molecule is COC1CCCCC1NCc1cccc(C(F)(F)F)c1. The van der Waals surface area contributed by atoms with Gasteiger partial charge in [-0.2, -0.15) is 13.2 Å². The first-order valence-electron chi connectivity index (χ1n) is 6.93.